The SMILES string of the molecule is CC(C)Cc1cc2c(cc1F)OC[C@H](CS(N)(=O)=O)N2C(=O)c1ccc2c(c1)NC(=O)CO2. The molecule has 0 fully saturated rings. The molecule has 176 valence electrons. The summed E-state index contributed by atoms with van der Waals surface area (Å²) in [6.45, 7) is 3.57. The number of sulfonamides is 1. The van der Waals surface area contributed by atoms with Crippen molar-refractivity contribution in [3.63, 3.8) is 0 Å². The van der Waals surface area contributed by atoms with Gasteiger partial charge in [-0.1, -0.05) is 13.8 Å². The van der Waals surface area contributed by atoms with Gasteiger partial charge in [-0.25, -0.2) is 17.9 Å². The van der Waals surface area contributed by atoms with Crippen molar-refractivity contribution in [3.8, 4) is 11.5 Å². The predicted molar refractivity (Wildman–Crippen MR) is 120 cm³/mol. The molecule has 1 atom stereocenters. The first-order valence-electron chi connectivity index (χ1n) is 10.4. The van der Waals surface area contributed by atoms with Crippen molar-refractivity contribution >= 4 is 33.2 Å². The van der Waals surface area contributed by atoms with E-state index in [-0.39, 0.29) is 42.0 Å². The molecule has 0 saturated heterocycles. The summed E-state index contributed by atoms with van der Waals surface area (Å²) in [6, 6.07) is 6.31. The van der Waals surface area contributed by atoms with Crippen LogP contribution >= 0.6 is 0 Å². The van der Waals surface area contributed by atoms with Crippen molar-refractivity contribution in [2.75, 3.05) is 29.2 Å². The van der Waals surface area contributed by atoms with Gasteiger partial charge in [-0.05, 0) is 42.2 Å². The van der Waals surface area contributed by atoms with Crippen LogP contribution in [0.2, 0.25) is 0 Å². The molecule has 0 bridgehead atoms. The van der Waals surface area contributed by atoms with E-state index in [0.717, 1.165) is 0 Å². The number of primary sulfonamides is 1. The minimum Gasteiger partial charge on any atom is -0.489 e. The first-order chi connectivity index (χ1) is 15.5. The molecule has 2 aromatic carbocycles. The number of nitrogens with zero attached hydrogens (tertiary/aromatic N) is 1. The lowest BCUT2D eigenvalue weighted by molar-refractivity contribution is -0.118. The summed E-state index contributed by atoms with van der Waals surface area (Å²) < 4.78 is 49.3. The highest BCUT2D eigenvalue weighted by atomic mass is 32.2. The van der Waals surface area contributed by atoms with Crippen molar-refractivity contribution in [2.45, 2.75) is 26.3 Å². The monoisotopic (exact) mass is 477 g/mol. The fraction of sp³-hybridized carbons (Fsp3) is 0.364. The van der Waals surface area contributed by atoms with Crippen LogP contribution in [0.5, 0.6) is 11.5 Å². The molecule has 0 saturated carbocycles. The Labute approximate surface area is 190 Å². The summed E-state index contributed by atoms with van der Waals surface area (Å²) >= 11 is 0. The number of fused-ring (bicyclic) bond motifs is 2. The molecule has 0 aromatic heterocycles. The van der Waals surface area contributed by atoms with Crippen LogP contribution in [-0.4, -0.2) is 45.2 Å². The molecule has 4 rings (SSSR count). The van der Waals surface area contributed by atoms with Crippen molar-refractivity contribution < 1.29 is 31.9 Å². The maximum atomic E-state index is 14.6. The van der Waals surface area contributed by atoms with E-state index >= 15 is 0 Å². The maximum absolute atomic E-state index is 14.6. The largest absolute Gasteiger partial charge is 0.489 e. The number of amides is 2. The minimum absolute atomic E-state index is 0.127. The van der Waals surface area contributed by atoms with Crippen LogP contribution in [0.15, 0.2) is 30.3 Å². The number of nitrogens with one attached hydrogen (secondary N) is 1. The quantitative estimate of drug-likeness (QED) is 0.678. The predicted octanol–water partition coefficient (Wildman–Crippen LogP) is 2.05. The van der Waals surface area contributed by atoms with Gasteiger partial charge >= 0.3 is 0 Å². The summed E-state index contributed by atoms with van der Waals surface area (Å²) in [7, 11) is -3.96. The summed E-state index contributed by atoms with van der Waals surface area (Å²) in [5, 5.41) is 7.91. The second kappa shape index (κ2) is 8.64. The van der Waals surface area contributed by atoms with Gasteiger partial charge in [0.25, 0.3) is 11.8 Å². The van der Waals surface area contributed by atoms with E-state index in [1.54, 1.807) is 6.07 Å². The Bertz CT molecular complexity index is 1230. The standard InChI is InChI=1S/C22H24FN3O6S/c1-12(2)5-14-7-18-20(8-16(14)23)31-9-15(11-33(24,29)30)26(18)22(28)13-3-4-19-17(6-13)25-21(27)10-32-19/h3-4,6-8,12,15H,5,9-11H2,1-2H3,(H,25,27)(H2,24,29,30)/t15-/m1/s1. The normalized spacial score (nSPS) is 17.5. The Hall–Kier alpha value is -3.18. The molecule has 3 N–H and O–H groups in total. The van der Waals surface area contributed by atoms with Crippen molar-refractivity contribution in [2.24, 2.45) is 11.1 Å². The molecule has 0 radical (unpaired) electrons. The lowest BCUT2D eigenvalue weighted by Crippen LogP contribution is -2.51. The van der Waals surface area contributed by atoms with Crippen LogP contribution in [0, 0.1) is 11.7 Å². The molecule has 2 amide bonds. The molecule has 2 aromatic rings. The summed E-state index contributed by atoms with van der Waals surface area (Å²) in [6.07, 6.45) is 0.420. The molecule has 2 aliphatic heterocycles. The van der Waals surface area contributed by atoms with Crippen molar-refractivity contribution in [3.05, 3.63) is 47.3 Å². The Morgan fingerprint density at radius 1 is 1.24 bits per heavy atom. The lowest BCUT2D eigenvalue weighted by atomic mass is 9.99. The van der Waals surface area contributed by atoms with E-state index in [9.17, 15) is 22.4 Å². The molecular formula is C22H24FN3O6S. The first kappa shape index (κ1) is 23.0. The number of benzene rings is 2. The maximum Gasteiger partial charge on any atom is 0.262 e. The third-order valence-electron chi connectivity index (χ3n) is 5.31. The fourth-order valence-electron chi connectivity index (χ4n) is 3.97. The summed E-state index contributed by atoms with van der Waals surface area (Å²) in [5.74, 6) is -1.21. The van der Waals surface area contributed by atoms with E-state index in [4.69, 9.17) is 14.6 Å². The van der Waals surface area contributed by atoms with Gasteiger partial charge in [0.15, 0.2) is 6.61 Å². The Kier molecular flexibility index (Phi) is 6.02. The molecule has 0 unspecified atom stereocenters. The summed E-state index contributed by atoms with van der Waals surface area (Å²) in [4.78, 5) is 26.6. The number of hydrogen-bond donors (Lipinski definition) is 2. The zero-order chi connectivity index (χ0) is 23.9. The second-order valence-corrected chi connectivity index (χ2v) is 10.2. The topological polar surface area (TPSA) is 128 Å². The van der Waals surface area contributed by atoms with Gasteiger partial charge in [-0.2, -0.15) is 0 Å². The van der Waals surface area contributed by atoms with E-state index in [0.29, 0.717) is 23.4 Å². The van der Waals surface area contributed by atoms with Gasteiger partial charge in [-0.15, -0.1) is 0 Å². The third kappa shape index (κ3) is 4.93. The van der Waals surface area contributed by atoms with Gasteiger partial charge < -0.3 is 14.8 Å². The average Bonchev–Trinajstić information content (AvgIpc) is 2.72. The van der Waals surface area contributed by atoms with E-state index in [1.165, 1.54) is 29.2 Å². The highest BCUT2D eigenvalue weighted by Crippen LogP contribution is 2.39. The van der Waals surface area contributed by atoms with Crippen LogP contribution < -0.4 is 24.8 Å². The molecule has 0 aliphatic carbocycles. The van der Waals surface area contributed by atoms with Gasteiger partial charge in [0, 0.05) is 11.6 Å². The number of carbonyl (C=O) groups is 2. The Balaban J connectivity index is 1.79. The average molecular weight is 478 g/mol. The van der Waals surface area contributed by atoms with E-state index in [2.05, 4.69) is 5.32 Å². The molecule has 33 heavy (non-hydrogen) atoms. The Morgan fingerprint density at radius 3 is 2.70 bits per heavy atom. The third-order valence-corrected chi connectivity index (χ3v) is 6.16. The smallest absolute Gasteiger partial charge is 0.262 e. The fourth-order valence-corrected chi connectivity index (χ4v) is 4.75. The van der Waals surface area contributed by atoms with E-state index in [1.807, 2.05) is 13.8 Å². The van der Waals surface area contributed by atoms with E-state index < -0.39 is 33.5 Å². The van der Waals surface area contributed by atoms with Crippen LogP contribution in [0.3, 0.4) is 0 Å². The number of carbonyl (C=O) groups excluding carboxylic acids is 2. The van der Waals surface area contributed by atoms with Crippen molar-refractivity contribution in [1.82, 2.24) is 0 Å². The van der Waals surface area contributed by atoms with Crippen LogP contribution in [0.1, 0.15) is 29.8 Å². The Morgan fingerprint density at radius 2 is 2.00 bits per heavy atom. The number of anilines is 2. The number of nitrogens with two attached hydrogens (primary N) is 1. The molecule has 2 heterocycles. The molecule has 0 spiro atoms. The van der Waals surface area contributed by atoms with Crippen LogP contribution in [0.25, 0.3) is 0 Å². The van der Waals surface area contributed by atoms with Gasteiger partial charge in [0.1, 0.15) is 23.9 Å². The molecule has 2 aliphatic rings. The minimum atomic E-state index is -3.96. The van der Waals surface area contributed by atoms with Gasteiger partial charge in [-0.3, -0.25) is 14.5 Å². The molecular weight excluding hydrogens is 453 g/mol. The highest BCUT2D eigenvalue weighted by Gasteiger charge is 2.36. The van der Waals surface area contributed by atoms with Crippen LogP contribution in [-0.2, 0) is 21.2 Å². The second-order valence-electron chi connectivity index (χ2n) is 8.53. The first-order valence-corrected chi connectivity index (χ1v) is 12.1. The number of halogens is 1. The van der Waals surface area contributed by atoms with Crippen molar-refractivity contribution in [1.29, 1.82) is 0 Å². The van der Waals surface area contributed by atoms with Gasteiger partial charge in [0.2, 0.25) is 10.0 Å². The molecule has 9 nitrogen and oxygen atoms in total. The number of rotatable bonds is 5. The zero-order valence-electron chi connectivity index (χ0n) is 18.1. The van der Waals surface area contributed by atoms with Crippen LogP contribution in [0.4, 0.5) is 15.8 Å². The molecule has 11 heteroatoms. The zero-order valence-corrected chi connectivity index (χ0v) is 18.9. The number of hydrogen-bond acceptors (Lipinski definition) is 6. The van der Waals surface area contributed by atoms with Gasteiger partial charge in [0.05, 0.1) is 23.2 Å². The lowest BCUT2D eigenvalue weighted by Gasteiger charge is -2.37. The number of ether oxygens (including phenoxy) is 2. The highest BCUT2D eigenvalue weighted by molar-refractivity contribution is 7.89. The summed E-state index contributed by atoms with van der Waals surface area (Å²) in [5.41, 5.74) is 1.15.